The molecular formula is C14H13ClF2N2O. The van der Waals surface area contributed by atoms with E-state index in [-0.39, 0.29) is 18.4 Å². The van der Waals surface area contributed by atoms with Crippen LogP contribution in [0.1, 0.15) is 17.9 Å². The lowest BCUT2D eigenvalue weighted by Gasteiger charge is -2.05. The predicted molar refractivity (Wildman–Crippen MR) is 73.8 cm³/mol. The Kier molecular flexibility index (Phi) is 3.92. The molecule has 2 aromatic rings. The van der Waals surface area contributed by atoms with E-state index in [1.165, 1.54) is 0 Å². The van der Waals surface area contributed by atoms with E-state index in [0.717, 1.165) is 24.1 Å². The van der Waals surface area contributed by atoms with Gasteiger partial charge in [0.1, 0.15) is 0 Å². The maximum absolute atomic E-state index is 13.2. The van der Waals surface area contributed by atoms with Gasteiger partial charge in [-0.15, -0.1) is 12.4 Å². The number of hydrogen-bond acceptors (Lipinski definition) is 3. The van der Waals surface area contributed by atoms with Gasteiger partial charge >= 0.3 is 0 Å². The van der Waals surface area contributed by atoms with E-state index in [2.05, 4.69) is 4.98 Å². The van der Waals surface area contributed by atoms with Crippen molar-refractivity contribution in [3.8, 4) is 17.0 Å². The molecule has 2 atom stereocenters. The maximum atomic E-state index is 13.2. The van der Waals surface area contributed by atoms with E-state index in [9.17, 15) is 13.9 Å². The summed E-state index contributed by atoms with van der Waals surface area (Å²) in [6.45, 7) is 0. The number of aromatic nitrogens is 1. The second kappa shape index (κ2) is 5.34. The number of nitrogens with two attached hydrogens (primary N) is 1. The number of hydrogen-bond donors (Lipinski definition) is 2. The van der Waals surface area contributed by atoms with Crippen molar-refractivity contribution in [2.24, 2.45) is 5.73 Å². The highest BCUT2D eigenvalue weighted by Gasteiger charge is 2.34. The number of halogens is 3. The first-order valence-electron chi connectivity index (χ1n) is 5.96. The van der Waals surface area contributed by atoms with Gasteiger partial charge in [0.05, 0.1) is 5.69 Å². The molecule has 6 heteroatoms. The Morgan fingerprint density at radius 3 is 2.45 bits per heavy atom. The van der Waals surface area contributed by atoms with Crippen molar-refractivity contribution in [2.45, 2.75) is 18.4 Å². The Balaban J connectivity index is 0.00000147. The quantitative estimate of drug-likeness (QED) is 0.896. The second-order valence-electron chi connectivity index (χ2n) is 4.77. The van der Waals surface area contributed by atoms with Gasteiger partial charge in [-0.1, -0.05) is 6.07 Å². The summed E-state index contributed by atoms with van der Waals surface area (Å²) in [6, 6.07) is 5.95. The Bertz CT molecular complexity index is 611. The summed E-state index contributed by atoms with van der Waals surface area (Å²) in [7, 11) is 0. The summed E-state index contributed by atoms with van der Waals surface area (Å²) in [5.74, 6) is -2.71. The van der Waals surface area contributed by atoms with Crippen LogP contribution in [0.5, 0.6) is 5.75 Å². The van der Waals surface area contributed by atoms with Gasteiger partial charge in [0.2, 0.25) is 0 Å². The molecule has 0 radical (unpaired) electrons. The highest BCUT2D eigenvalue weighted by molar-refractivity contribution is 5.85. The van der Waals surface area contributed by atoms with Crippen LogP contribution in [0.4, 0.5) is 8.78 Å². The minimum absolute atomic E-state index is 0. The van der Waals surface area contributed by atoms with E-state index in [4.69, 9.17) is 5.73 Å². The third kappa shape index (κ3) is 2.59. The highest BCUT2D eigenvalue weighted by atomic mass is 35.5. The molecule has 20 heavy (non-hydrogen) atoms. The van der Waals surface area contributed by atoms with Crippen LogP contribution in [-0.2, 0) is 0 Å². The van der Waals surface area contributed by atoms with E-state index in [1.807, 2.05) is 6.07 Å². The lowest BCUT2D eigenvalue weighted by molar-refractivity contribution is 0.407. The van der Waals surface area contributed by atoms with Gasteiger partial charge in [-0.3, -0.25) is 4.98 Å². The van der Waals surface area contributed by atoms with Gasteiger partial charge in [-0.05, 0) is 30.2 Å². The van der Waals surface area contributed by atoms with Crippen LogP contribution in [0.25, 0.3) is 11.3 Å². The predicted octanol–water partition coefficient (Wildman–Crippen LogP) is 2.97. The van der Waals surface area contributed by atoms with Crippen LogP contribution in [0.2, 0.25) is 0 Å². The lowest BCUT2D eigenvalue weighted by Crippen LogP contribution is -2.01. The molecule has 3 N–H and O–H groups in total. The summed E-state index contributed by atoms with van der Waals surface area (Å²) in [4.78, 5) is 4.20. The van der Waals surface area contributed by atoms with Gasteiger partial charge in [-0.25, -0.2) is 4.39 Å². The smallest absolute Gasteiger partial charge is 0.200 e. The molecule has 3 rings (SSSR count). The summed E-state index contributed by atoms with van der Waals surface area (Å²) in [5.41, 5.74) is 7.61. The molecule has 2 unspecified atom stereocenters. The minimum atomic E-state index is -1.25. The van der Waals surface area contributed by atoms with Crippen molar-refractivity contribution in [1.82, 2.24) is 4.98 Å². The number of phenolic OH excluding ortho intramolecular Hbond substituents is 1. The summed E-state index contributed by atoms with van der Waals surface area (Å²) in [6.07, 6.45) is 2.64. The van der Waals surface area contributed by atoms with Gasteiger partial charge in [0.15, 0.2) is 17.4 Å². The van der Waals surface area contributed by atoms with Crippen LogP contribution in [0, 0.1) is 11.6 Å². The third-order valence-corrected chi connectivity index (χ3v) is 3.36. The topological polar surface area (TPSA) is 59.1 Å². The van der Waals surface area contributed by atoms with Crippen molar-refractivity contribution >= 4 is 12.4 Å². The molecule has 1 saturated carbocycles. The second-order valence-corrected chi connectivity index (χ2v) is 4.77. The molecule has 1 aromatic heterocycles. The molecule has 0 amide bonds. The summed E-state index contributed by atoms with van der Waals surface area (Å²) >= 11 is 0. The first-order valence-corrected chi connectivity index (χ1v) is 5.96. The van der Waals surface area contributed by atoms with Gasteiger partial charge in [0, 0.05) is 23.7 Å². The highest BCUT2D eigenvalue weighted by Crippen LogP contribution is 2.39. The standard InChI is InChI=1S/C14H12F2N2O.ClH/c15-10-3-8(4-13(19)14(10)16)12-2-1-7(6-18-12)9-5-11(9)17;/h1-4,6,9,11,19H,5,17H2;1H. The number of benzene rings is 1. The van der Waals surface area contributed by atoms with Crippen LogP contribution in [0.15, 0.2) is 30.5 Å². The van der Waals surface area contributed by atoms with Gasteiger partial charge < -0.3 is 10.8 Å². The average Bonchev–Trinajstić information content (AvgIpc) is 3.13. The van der Waals surface area contributed by atoms with E-state index >= 15 is 0 Å². The molecule has 0 bridgehead atoms. The molecule has 0 saturated heterocycles. The largest absolute Gasteiger partial charge is 0.505 e. The molecule has 0 aliphatic heterocycles. The zero-order valence-corrected chi connectivity index (χ0v) is 11.2. The van der Waals surface area contributed by atoms with E-state index < -0.39 is 17.4 Å². The molecule has 3 nitrogen and oxygen atoms in total. The first-order chi connectivity index (χ1) is 9.06. The molecule has 1 aliphatic carbocycles. The van der Waals surface area contributed by atoms with Crippen molar-refractivity contribution in [3.05, 3.63) is 47.7 Å². The normalized spacial score (nSPS) is 20.4. The Morgan fingerprint density at radius 1 is 1.25 bits per heavy atom. The number of phenols is 1. The van der Waals surface area contributed by atoms with Crippen LogP contribution in [-0.4, -0.2) is 16.1 Å². The van der Waals surface area contributed by atoms with Gasteiger partial charge in [-0.2, -0.15) is 4.39 Å². The fourth-order valence-electron chi connectivity index (χ4n) is 2.12. The summed E-state index contributed by atoms with van der Waals surface area (Å²) < 4.78 is 26.2. The van der Waals surface area contributed by atoms with Crippen molar-refractivity contribution in [3.63, 3.8) is 0 Å². The van der Waals surface area contributed by atoms with Crippen LogP contribution >= 0.6 is 12.4 Å². The zero-order chi connectivity index (χ0) is 13.6. The van der Waals surface area contributed by atoms with Crippen molar-refractivity contribution in [1.29, 1.82) is 0 Å². The molecular weight excluding hydrogens is 286 g/mol. The number of aromatic hydroxyl groups is 1. The summed E-state index contributed by atoms with van der Waals surface area (Å²) in [5, 5.41) is 9.27. The van der Waals surface area contributed by atoms with Crippen LogP contribution < -0.4 is 5.73 Å². The molecule has 0 spiro atoms. The third-order valence-electron chi connectivity index (χ3n) is 3.36. The molecule has 1 fully saturated rings. The van der Waals surface area contributed by atoms with E-state index in [1.54, 1.807) is 12.3 Å². The number of pyridine rings is 1. The molecule has 1 aliphatic rings. The Labute approximate surface area is 120 Å². The molecule has 1 aromatic carbocycles. The van der Waals surface area contributed by atoms with Crippen molar-refractivity contribution in [2.75, 3.05) is 0 Å². The van der Waals surface area contributed by atoms with E-state index in [0.29, 0.717) is 17.2 Å². The SMILES string of the molecule is Cl.NC1CC1c1ccc(-c2cc(O)c(F)c(F)c2)nc1. The van der Waals surface area contributed by atoms with Crippen molar-refractivity contribution < 1.29 is 13.9 Å². The Hall–Kier alpha value is -1.72. The monoisotopic (exact) mass is 298 g/mol. The fraction of sp³-hybridized carbons (Fsp3) is 0.214. The van der Waals surface area contributed by atoms with Crippen LogP contribution in [0.3, 0.4) is 0 Å². The molecule has 106 valence electrons. The first kappa shape index (κ1) is 14.7. The van der Waals surface area contributed by atoms with Gasteiger partial charge in [0.25, 0.3) is 0 Å². The minimum Gasteiger partial charge on any atom is -0.505 e. The lowest BCUT2D eigenvalue weighted by atomic mass is 10.1. The fourth-order valence-corrected chi connectivity index (χ4v) is 2.12. The Morgan fingerprint density at radius 2 is 1.95 bits per heavy atom. The molecule has 1 heterocycles. The zero-order valence-electron chi connectivity index (χ0n) is 10.4. The number of nitrogens with zero attached hydrogens (tertiary/aromatic N) is 1. The maximum Gasteiger partial charge on any atom is 0.200 e. The number of rotatable bonds is 2. The average molecular weight is 299 g/mol.